The van der Waals surface area contributed by atoms with Gasteiger partial charge in [0.1, 0.15) is 11.6 Å². The van der Waals surface area contributed by atoms with E-state index in [0.29, 0.717) is 19.5 Å². The van der Waals surface area contributed by atoms with Crippen LogP contribution in [0.15, 0.2) is 48.5 Å². The molecular weight excluding hydrogens is 319 g/mol. The molecule has 3 aromatic rings. The first kappa shape index (κ1) is 17.0. The standard InChI is InChI=1S/C19H21FN4O/c20-15-9-7-14(8-10-15)11-13-22-19(25)21-12-3-6-18-23-16-4-1-2-5-17(16)24-18/h1-2,4-5,7-10H,3,6,11-13H2,(H,23,24)(H2,21,22,25). The minimum atomic E-state index is -0.251. The Bertz CT molecular complexity index is 796. The number of imidazole rings is 1. The Morgan fingerprint density at radius 1 is 1.00 bits per heavy atom. The average molecular weight is 340 g/mol. The highest BCUT2D eigenvalue weighted by molar-refractivity contribution is 5.75. The number of halogens is 1. The molecule has 0 saturated carbocycles. The molecular formula is C19H21FN4O. The first-order valence-electron chi connectivity index (χ1n) is 8.40. The summed E-state index contributed by atoms with van der Waals surface area (Å²) in [6.07, 6.45) is 2.27. The molecule has 0 spiro atoms. The maximum Gasteiger partial charge on any atom is 0.314 e. The minimum absolute atomic E-state index is 0.188. The highest BCUT2D eigenvalue weighted by Crippen LogP contribution is 2.11. The van der Waals surface area contributed by atoms with E-state index in [2.05, 4.69) is 20.6 Å². The van der Waals surface area contributed by atoms with Gasteiger partial charge >= 0.3 is 6.03 Å². The van der Waals surface area contributed by atoms with E-state index in [-0.39, 0.29) is 11.8 Å². The lowest BCUT2D eigenvalue weighted by Gasteiger charge is -2.07. The van der Waals surface area contributed by atoms with E-state index in [1.165, 1.54) is 12.1 Å². The van der Waals surface area contributed by atoms with Crippen LogP contribution in [-0.2, 0) is 12.8 Å². The Kier molecular flexibility index (Phi) is 5.61. The molecule has 0 bridgehead atoms. The quantitative estimate of drug-likeness (QED) is 0.578. The largest absolute Gasteiger partial charge is 0.342 e. The highest BCUT2D eigenvalue weighted by atomic mass is 19.1. The summed E-state index contributed by atoms with van der Waals surface area (Å²) in [6.45, 7) is 1.10. The number of carbonyl (C=O) groups excluding carboxylic acids is 1. The first-order chi connectivity index (χ1) is 12.2. The number of aromatic amines is 1. The molecule has 2 amide bonds. The van der Waals surface area contributed by atoms with Gasteiger partial charge < -0.3 is 15.6 Å². The maximum atomic E-state index is 12.8. The van der Waals surface area contributed by atoms with Gasteiger partial charge in [0.05, 0.1) is 11.0 Å². The summed E-state index contributed by atoms with van der Waals surface area (Å²) >= 11 is 0. The monoisotopic (exact) mass is 340 g/mol. The number of benzene rings is 2. The van der Waals surface area contributed by atoms with Crippen molar-refractivity contribution in [3.05, 3.63) is 65.7 Å². The van der Waals surface area contributed by atoms with Gasteiger partial charge in [-0.25, -0.2) is 14.2 Å². The lowest BCUT2D eigenvalue weighted by molar-refractivity contribution is 0.241. The molecule has 0 saturated heterocycles. The maximum absolute atomic E-state index is 12.8. The predicted molar refractivity (Wildman–Crippen MR) is 95.9 cm³/mol. The zero-order chi connectivity index (χ0) is 17.5. The van der Waals surface area contributed by atoms with Crippen LogP contribution >= 0.6 is 0 Å². The van der Waals surface area contributed by atoms with E-state index in [4.69, 9.17) is 0 Å². The number of hydrogen-bond donors (Lipinski definition) is 3. The lowest BCUT2D eigenvalue weighted by atomic mass is 10.1. The van der Waals surface area contributed by atoms with E-state index >= 15 is 0 Å². The van der Waals surface area contributed by atoms with Crippen molar-refractivity contribution in [2.45, 2.75) is 19.3 Å². The number of aromatic nitrogens is 2. The third kappa shape index (κ3) is 5.04. The first-order valence-corrected chi connectivity index (χ1v) is 8.40. The topological polar surface area (TPSA) is 69.8 Å². The molecule has 0 aliphatic rings. The molecule has 2 aromatic carbocycles. The third-order valence-corrected chi connectivity index (χ3v) is 3.93. The number of fused-ring (bicyclic) bond motifs is 1. The molecule has 1 heterocycles. The molecule has 0 aliphatic heterocycles. The normalized spacial score (nSPS) is 10.8. The Hall–Kier alpha value is -2.89. The molecule has 0 radical (unpaired) electrons. The van der Waals surface area contributed by atoms with E-state index in [1.54, 1.807) is 12.1 Å². The molecule has 0 fully saturated rings. The van der Waals surface area contributed by atoms with Crippen LogP contribution < -0.4 is 10.6 Å². The number of urea groups is 1. The number of H-pyrrole nitrogens is 1. The second-order valence-electron chi connectivity index (χ2n) is 5.86. The third-order valence-electron chi connectivity index (χ3n) is 3.93. The van der Waals surface area contributed by atoms with E-state index < -0.39 is 0 Å². The lowest BCUT2D eigenvalue weighted by Crippen LogP contribution is -2.37. The van der Waals surface area contributed by atoms with Crippen molar-refractivity contribution >= 4 is 17.1 Å². The number of aryl methyl sites for hydroxylation is 1. The number of carbonyl (C=O) groups is 1. The Labute approximate surface area is 145 Å². The van der Waals surface area contributed by atoms with Crippen LogP contribution in [0, 0.1) is 5.82 Å². The number of nitrogens with zero attached hydrogens (tertiary/aromatic N) is 1. The van der Waals surface area contributed by atoms with Gasteiger partial charge in [-0.2, -0.15) is 0 Å². The smallest absolute Gasteiger partial charge is 0.314 e. The molecule has 0 aliphatic carbocycles. The van der Waals surface area contributed by atoms with Gasteiger partial charge in [0, 0.05) is 19.5 Å². The van der Waals surface area contributed by atoms with Crippen molar-refractivity contribution in [2.75, 3.05) is 13.1 Å². The van der Waals surface area contributed by atoms with Crippen molar-refractivity contribution in [3.63, 3.8) is 0 Å². The van der Waals surface area contributed by atoms with Crippen molar-refractivity contribution in [1.82, 2.24) is 20.6 Å². The fourth-order valence-electron chi connectivity index (χ4n) is 2.62. The summed E-state index contributed by atoms with van der Waals surface area (Å²) in [4.78, 5) is 19.5. The van der Waals surface area contributed by atoms with Gasteiger partial charge in [0.2, 0.25) is 0 Å². The molecule has 130 valence electrons. The molecule has 3 N–H and O–H groups in total. The molecule has 6 heteroatoms. The summed E-state index contributed by atoms with van der Waals surface area (Å²) in [6, 6.07) is 14.0. The van der Waals surface area contributed by atoms with Crippen molar-refractivity contribution in [2.24, 2.45) is 0 Å². The number of para-hydroxylation sites is 2. The van der Waals surface area contributed by atoms with Crippen LogP contribution in [0.25, 0.3) is 11.0 Å². The van der Waals surface area contributed by atoms with Gasteiger partial charge in [0.15, 0.2) is 0 Å². The Balaban J connectivity index is 1.31. The van der Waals surface area contributed by atoms with Gasteiger partial charge in [-0.3, -0.25) is 0 Å². The zero-order valence-electron chi connectivity index (χ0n) is 13.9. The summed E-state index contributed by atoms with van der Waals surface area (Å²) in [5.41, 5.74) is 2.99. The molecule has 25 heavy (non-hydrogen) atoms. The Morgan fingerprint density at radius 2 is 1.76 bits per heavy atom. The van der Waals surface area contributed by atoms with E-state index in [0.717, 1.165) is 35.3 Å². The molecule has 0 atom stereocenters. The van der Waals surface area contributed by atoms with Gasteiger partial charge in [-0.1, -0.05) is 24.3 Å². The van der Waals surface area contributed by atoms with Crippen LogP contribution in [0.1, 0.15) is 17.8 Å². The average Bonchev–Trinajstić information content (AvgIpc) is 3.03. The van der Waals surface area contributed by atoms with Crippen LogP contribution in [0.2, 0.25) is 0 Å². The van der Waals surface area contributed by atoms with E-state index in [9.17, 15) is 9.18 Å². The minimum Gasteiger partial charge on any atom is -0.342 e. The summed E-state index contributed by atoms with van der Waals surface area (Å²) < 4.78 is 12.8. The fourth-order valence-corrected chi connectivity index (χ4v) is 2.62. The number of hydrogen-bond acceptors (Lipinski definition) is 2. The SMILES string of the molecule is O=C(NCCCc1nc2ccccc2[nH]1)NCCc1ccc(F)cc1. The van der Waals surface area contributed by atoms with Gasteiger partial charge in [-0.05, 0) is 42.7 Å². The summed E-state index contributed by atoms with van der Waals surface area (Å²) in [7, 11) is 0. The Morgan fingerprint density at radius 3 is 2.56 bits per heavy atom. The second kappa shape index (κ2) is 8.28. The predicted octanol–water partition coefficient (Wildman–Crippen LogP) is 3.18. The number of rotatable bonds is 7. The van der Waals surface area contributed by atoms with Crippen molar-refractivity contribution in [3.8, 4) is 0 Å². The zero-order valence-corrected chi connectivity index (χ0v) is 13.9. The summed E-state index contributed by atoms with van der Waals surface area (Å²) in [5, 5.41) is 5.63. The van der Waals surface area contributed by atoms with Gasteiger partial charge in [-0.15, -0.1) is 0 Å². The molecule has 1 aromatic heterocycles. The second-order valence-corrected chi connectivity index (χ2v) is 5.86. The van der Waals surface area contributed by atoms with Gasteiger partial charge in [0.25, 0.3) is 0 Å². The molecule has 5 nitrogen and oxygen atoms in total. The molecule has 0 unspecified atom stereocenters. The number of amides is 2. The van der Waals surface area contributed by atoms with Crippen LogP contribution in [0.4, 0.5) is 9.18 Å². The fraction of sp³-hybridized carbons (Fsp3) is 0.263. The van der Waals surface area contributed by atoms with Crippen molar-refractivity contribution in [1.29, 1.82) is 0 Å². The van der Waals surface area contributed by atoms with Crippen LogP contribution in [-0.4, -0.2) is 29.1 Å². The summed E-state index contributed by atoms with van der Waals surface area (Å²) in [5.74, 6) is 0.679. The van der Waals surface area contributed by atoms with E-state index in [1.807, 2.05) is 24.3 Å². The molecule has 3 rings (SSSR count). The van der Waals surface area contributed by atoms with Crippen LogP contribution in [0.3, 0.4) is 0 Å². The number of nitrogens with one attached hydrogen (secondary N) is 3. The van der Waals surface area contributed by atoms with Crippen molar-refractivity contribution < 1.29 is 9.18 Å². The highest BCUT2D eigenvalue weighted by Gasteiger charge is 2.03. The van der Waals surface area contributed by atoms with Crippen LogP contribution in [0.5, 0.6) is 0 Å².